The smallest absolute Gasteiger partial charge is 0.251 e. The third kappa shape index (κ3) is 5.24. The van der Waals surface area contributed by atoms with Gasteiger partial charge in [-0.2, -0.15) is 0 Å². The second kappa shape index (κ2) is 9.57. The Labute approximate surface area is 166 Å². The van der Waals surface area contributed by atoms with Crippen molar-refractivity contribution >= 4 is 15.9 Å². The fraction of sp³-hybridized carbons (Fsp3) is 0.350. The molecule has 0 saturated heterocycles. The number of nitrogens with zero attached hydrogens (tertiary/aromatic N) is 1. The summed E-state index contributed by atoms with van der Waals surface area (Å²) < 4.78 is 36.7. The number of carbonyl (C=O) groups excluding carboxylic acids is 1. The molecule has 0 aliphatic rings. The number of sulfonamides is 1. The number of ether oxygens (including phenoxy) is 2. The number of rotatable bonds is 9. The van der Waals surface area contributed by atoms with Gasteiger partial charge in [-0.1, -0.05) is 12.1 Å². The summed E-state index contributed by atoms with van der Waals surface area (Å²) in [6.45, 7) is 5.09. The second-order valence-electron chi connectivity index (χ2n) is 6.15. The molecule has 0 spiro atoms. The molecule has 0 bridgehead atoms. The van der Waals surface area contributed by atoms with E-state index in [1.807, 2.05) is 26.0 Å². The molecule has 0 aliphatic heterocycles. The molecule has 1 N–H and O–H groups in total. The summed E-state index contributed by atoms with van der Waals surface area (Å²) in [6.07, 6.45) is 0. The van der Waals surface area contributed by atoms with E-state index in [0.717, 1.165) is 9.87 Å². The van der Waals surface area contributed by atoms with Gasteiger partial charge in [0.1, 0.15) is 0 Å². The number of nitrogens with one attached hydrogen (secondary N) is 1. The minimum absolute atomic E-state index is 0.0739. The Bertz CT molecular complexity index is 926. The highest BCUT2D eigenvalue weighted by Crippen LogP contribution is 2.28. The Kier molecular flexibility index (Phi) is 7.42. The Morgan fingerprint density at radius 2 is 1.68 bits per heavy atom. The van der Waals surface area contributed by atoms with Crippen LogP contribution in [0.15, 0.2) is 47.4 Å². The van der Waals surface area contributed by atoms with Crippen LogP contribution in [0.5, 0.6) is 11.5 Å². The van der Waals surface area contributed by atoms with E-state index >= 15 is 0 Å². The Balaban J connectivity index is 2.13. The molecule has 28 heavy (non-hydrogen) atoms. The molecule has 0 unspecified atom stereocenters. The van der Waals surface area contributed by atoms with Crippen molar-refractivity contribution in [3.8, 4) is 11.5 Å². The summed E-state index contributed by atoms with van der Waals surface area (Å²) in [7, 11) is -0.703. The van der Waals surface area contributed by atoms with Gasteiger partial charge in [-0.25, -0.2) is 12.7 Å². The van der Waals surface area contributed by atoms with Crippen LogP contribution in [0, 0.1) is 0 Å². The van der Waals surface area contributed by atoms with Crippen LogP contribution in [0.2, 0.25) is 0 Å². The fourth-order valence-corrected chi connectivity index (χ4v) is 3.45. The van der Waals surface area contributed by atoms with Crippen molar-refractivity contribution in [1.82, 2.24) is 9.62 Å². The van der Waals surface area contributed by atoms with Gasteiger partial charge in [0.15, 0.2) is 11.5 Å². The molecule has 152 valence electrons. The minimum Gasteiger partial charge on any atom is -0.490 e. The van der Waals surface area contributed by atoms with Gasteiger partial charge in [-0.05, 0) is 49.7 Å². The average molecular weight is 407 g/mol. The Hall–Kier alpha value is -2.58. The van der Waals surface area contributed by atoms with Crippen molar-refractivity contribution < 1.29 is 22.7 Å². The first-order valence-corrected chi connectivity index (χ1v) is 10.4. The van der Waals surface area contributed by atoms with E-state index in [0.29, 0.717) is 24.7 Å². The third-order valence-corrected chi connectivity index (χ3v) is 5.75. The largest absolute Gasteiger partial charge is 0.490 e. The standard InChI is InChI=1S/C20H26N2O5S/c1-5-26-18-11-10-15(12-19(18)27-6-2)14-21-20(23)16-8-7-9-17(13-16)28(24,25)22(3)4/h7-13H,5-6,14H2,1-4H3,(H,21,23). The number of carbonyl (C=O) groups is 1. The van der Waals surface area contributed by atoms with E-state index in [1.165, 1.54) is 26.2 Å². The van der Waals surface area contributed by atoms with Gasteiger partial charge in [0.25, 0.3) is 5.91 Å². The van der Waals surface area contributed by atoms with Crippen molar-refractivity contribution in [3.63, 3.8) is 0 Å². The first-order chi connectivity index (χ1) is 13.3. The van der Waals surface area contributed by atoms with Crippen LogP contribution in [0.1, 0.15) is 29.8 Å². The maximum atomic E-state index is 12.5. The molecule has 2 aromatic carbocycles. The highest BCUT2D eigenvalue weighted by atomic mass is 32.2. The van der Waals surface area contributed by atoms with E-state index in [4.69, 9.17) is 9.47 Å². The monoisotopic (exact) mass is 406 g/mol. The Morgan fingerprint density at radius 3 is 2.32 bits per heavy atom. The molecule has 0 heterocycles. The summed E-state index contributed by atoms with van der Waals surface area (Å²) >= 11 is 0. The van der Waals surface area contributed by atoms with Crippen molar-refractivity contribution in [2.45, 2.75) is 25.3 Å². The maximum Gasteiger partial charge on any atom is 0.251 e. The van der Waals surface area contributed by atoms with Crippen molar-refractivity contribution in [3.05, 3.63) is 53.6 Å². The molecule has 2 rings (SSSR count). The van der Waals surface area contributed by atoms with Gasteiger partial charge in [0.2, 0.25) is 10.0 Å². The van der Waals surface area contributed by atoms with Crippen LogP contribution in [0.4, 0.5) is 0 Å². The van der Waals surface area contributed by atoms with Gasteiger partial charge in [0.05, 0.1) is 18.1 Å². The summed E-state index contributed by atoms with van der Waals surface area (Å²) in [5.74, 6) is 0.916. The lowest BCUT2D eigenvalue weighted by atomic mass is 10.1. The quantitative estimate of drug-likeness (QED) is 0.692. The lowest BCUT2D eigenvalue weighted by molar-refractivity contribution is 0.0950. The molecule has 0 fully saturated rings. The number of hydrogen-bond donors (Lipinski definition) is 1. The molecular weight excluding hydrogens is 380 g/mol. The zero-order valence-corrected chi connectivity index (χ0v) is 17.4. The van der Waals surface area contributed by atoms with Crippen LogP contribution < -0.4 is 14.8 Å². The van der Waals surface area contributed by atoms with Crippen molar-refractivity contribution in [1.29, 1.82) is 0 Å². The molecule has 0 aromatic heterocycles. The SMILES string of the molecule is CCOc1ccc(CNC(=O)c2cccc(S(=O)(=O)N(C)C)c2)cc1OCC. The molecule has 7 nitrogen and oxygen atoms in total. The van der Waals surface area contributed by atoms with E-state index in [2.05, 4.69) is 5.32 Å². The molecule has 1 amide bonds. The second-order valence-corrected chi connectivity index (χ2v) is 8.30. The van der Waals surface area contributed by atoms with Crippen LogP contribution in [0.3, 0.4) is 0 Å². The lowest BCUT2D eigenvalue weighted by Gasteiger charge is -2.14. The number of amides is 1. The van der Waals surface area contributed by atoms with Crippen LogP contribution in [-0.2, 0) is 16.6 Å². The van der Waals surface area contributed by atoms with Crippen molar-refractivity contribution in [2.75, 3.05) is 27.3 Å². The van der Waals surface area contributed by atoms with Crippen LogP contribution in [0.25, 0.3) is 0 Å². The van der Waals surface area contributed by atoms with Gasteiger partial charge < -0.3 is 14.8 Å². The van der Waals surface area contributed by atoms with Gasteiger partial charge in [-0.3, -0.25) is 4.79 Å². The molecular formula is C20H26N2O5S. The summed E-state index contributed by atoms with van der Waals surface area (Å²) in [5, 5.41) is 2.80. The summed E-state index contributed by atoms with van der Waals surface area (Å²) in [4.78, 5) is 12.5. The average Bonchev–Trinajstić information content (AvgIpc) is 2.68. The third-order valence-electron chi connectivity index (χ3n) is 3.94. The van der Waals surface area contributed by atoms with Crippen LogP contribution >= 0.6 is 0 Å². The zero-order chi connectivity index (χ0) is 20.7. The topological polar surface area (TPSA) is 84.9 Å². The molecule has 8 heteroatoms. The first kappa shape index (κ1) is 21.7. The molecule has 0 saturated carbocycles. The maximum absolute atomic E-state index is 12.5. The van der Waals surface area contributed by atoms with E-state index in [9.17, 15) is 13.2 Å². The van der Waals surface area contributed by atoms with Crippen molar-refractivity contribution in [2.24, 2.45) is 0 Å². The Morgan fingerprint density at radius 1 is 1.00 bits per heavy atom. The van der Waals surface area contributed by atoms with Gasteiger partial charge >= 0.3 is 0 Å². The van der Waals surface area contributed by atoms with E-state index in [1.54, 1.807) is 18.2 Å². The number of benzene rings is 2. The van der Waals surface area contributed by atoms with E-state index in [-0.39, 0.29) is 22.9 Å². The van der Waals surface area contributed by atoms with Crippen LogP contribution in [-0.4, -0.2) is 45.9 Å². The highest BCUT2D eigenvalue weighted by molar-refractivity contribution is 7.89. The molecule has 0 aliphatic carbocycles. The van der Waals surface area contributed by atoms with E-state index < -0.39 is 10.0 Å². The lowest BCUT2D eigenvalue weighted by Crippen LogP contribution is -2.25. The predicted molar refractivity (Wildman–Crippen MR) is 107 cm³/mol. The summed E-state index contributed by atoms with van der Waals surface area (Å²) in [6, 6.07) is 11.4. The van der Waals surface area contributed by atoms with Gasteiger partial charge in [-0.15, -0.1) is 0 Å². The normalized spacial score (nSPS) is 11.3. The molecule has 0 radical (unpaired) electrons. The zero-order valence-electron chi connectivity index (χ0n) is 16.6. The number of hydrogen-bond acceptors (Lipinski definition) is 5. The minimum atomic E-state index is -3.60. The highest BCUT2D eigenvalue weighted by Gasteiger charge is 2.18. The predicted octanol–water partition coefficient (Wildman–Crippen LogP) is 2.66. The first-order valence-electron chi connectivity index (χ1n) is 8.98. The molecule has 2 aromatic rings. The molecule has 0 atom stereocenters. The summed E-state index contributed by atoms with van der Waals surface area (Å²) in [5.41, 5.74) is 1.12. The fourth-order valence-electron chi connectivity index (χ4n) is 2.50. The van der Waals surface area contributed by atoms with Gasteiger partial charge in [0, 0.05) is 26.2 Å².